The van der Waals surface area contributed by atoms with Crippen LogP contribution < -0.4 is 5.32 Å². The molecule has 0 bridgehead atoms. The quantitative estimate of drug-likeness (QED) is 0.490. The Hall–Kier alpha value is -0.570. The fourth-order valence-corrected chi connectivity index (χ4v) is 1.21. The van der Waals surface area contributed by atoms with Gasteiger partial charge in [-0.25, -0.2) is 5.32 Å². The molecule has 57 valence electrons. The molecule has 2 atom stereocenters. The number of methoxy groups -OCH3 is 1. The van der Waals surface area contributed by atoms with Crippen molar-refractivity contribution in [1.29, 1.82) is 0 Å². The van der Waals surface area contributed by atoms with Crippen LogP contribution in [-0.2, 0) is 9.53 Å². The average molecular weight is 142 g/mol. The SMILES string of the molecule is COC(=O)C1C[N]C(C)C1. The van der Waals surface area contributed by atoms with E-state index >= 15 is 0 Å². The van der Waals surface area contributed by atoms with Crippen LogP contribution in [0, 0.1) is 5.92 Å². The van der Waals surface area contributed by atoms with Crippen LogP contribution in [0.5, 0.6) is 0 Å². The zero-order valence-electron chi connectivity index (χ0n) is 6.33. The van der Waals surface area contributed by atoms with E-state index in [4.69, 9.17) is 0 Å². The highest BCUT2D eigenvalue weighted by Gasteiger charge is 2.28. The largest absolute Gasteiger partial charge is 0.469 e. The highest BCUT2D eigenvalue weighted by molar-refractivity contribution is 5.72. The molecule has 0 aromatic carbocycles. The van der Waals surface area contributed by atoms with Crippen LogP contribution in [0.2, 0.25) is 0 Å². The van der Waals surface area contributed by atoms with Gasteiger partial charge >= 0.3 is 5.97 Å². The standard InChI is InChI=1S/C7H12NO2/c1-5-3-6(4-8-5)7(9)10-2/h5-6H,3-4H2,1-2H3. The summed E-state index contributed by atoms with van der Waals surface area (Å²) >= 11 is 0. The second kappa shape index (κ2) is 3.01. The van der Waals surface area contributed by atoms with Crippen LogP contribution >= 0.6 is 0 Å². The van der Waals surface area contributed by atoms with Crippen LogP contribution in [0.3, 0.4) is 0 Å². The molecule has 1 radical (unpaired) electrons. The number of carbonyl (C=O) groups excluding carboxylic acids is 1. The minimum absolute atomic E-state index is 0.0278. The molecule has 0 aromatic heterocycles. The first-order valence-electron chi connectivity index (χ1n) is 3.48. The van der Waals surface area contributed by atoms with Gasteiger partial charge in [-0.2, -0.15) is 0 Å². The molecule has 1 saturated heterocycles. The van der Waals surface area contributed by atoms with Gasteiger partial charge in [0.25, 0.3) is 0 Å². The van der Waals surface area contributed by atoms with Crippen molar-refractivity contribution in [2.24, 2.45) is 5.92 Å². The fraction of sp³-hybridized carbons (Fsp3) is 0.857. The third-order valence-corrected chi connectivity index (χ3v) is 1.80. The lowest BCUT2D eigenvalue weighted by Gasteiger charge is -2.03. The van der Waals surface area contributed by atoms with Crippen molar-refractivity contribution in [2.45, 2.75) is 19.4 Å². The number of rotatable bonds is 1. The lowest BCUT2D eigenvalue weighted by Crippen LogP contribution is -2.16. The topological polar surface area (TPSA) is 40.4 Å². The molecule has 0 aliphatic carbocycles. The molecule has 1 fully saturated rings. The van der Waals surface area contributed by atoms with Gasteiger partial charge in [0.15, 0.2) is 0 Å². The van der Waals surface area contributed by atoms with Crippen LogP contribution in [0.1, 0.15) is 13.3 Å². The molecular weight excluding hydrogens is 130 g/mol. The van der Waals surface area contributed by atoms with Gasteiger partial charge in [-0.15, -0.1) is 0 Å². The third-order valence-electron chi connectivity index (χ3n) is 1.80. The molecule has 2 unspecified atom stereocenters. The Kier molecular flexibility index (Phi) is 2.27. The Morgan fingerprint density at radius 2 is 2.40 bits per heavy atom. The van der Waals surface area contributed by atoms with Gasteiger partial charge in [-0.05, 0) is 13.3 Å². The Morgan fingerprint density at radius 1 is 1.70 bits per heavy atom. The highest BCUT2D eigenvalue weighted by atomic mass is 16.5. The van der Waals surface area contributed by atoms with E-state index in [1.54, 1.807) is 0 Å². The van der Waals surface area contributed by atoms with Crippen LogP contribution in [0.25, 0.3) is 0 Å². The third kappa shape index (κ3) is 1.48. The molecule has 0 aromatic rings. The van der Waals surface area contributed by atoms with E-state index in [9.17, 15) is 4.79 Å². The summed E-state index contributed by atoms with van der Waals surface area (Å²) < 4.78 is 4.58. The molecule has 10 heavy (non-hydrogen) atoms. The molecule has 0 saturated carbocycles. The van der Waals surface area contributed by atoms with E-state index in [1.807, 2.05) is 6.92 Å². The second-order valence-corrected chi connectivity index (χ2v) is 2.67. The van der Waals surface area contributed by atoms with Crippen molar-refractivity contribution >= 4 is 5.97 Å². The number of carbonyl (C=O) groups is 1. The van der Waals surface area contributed by atoms with E-state index in [0.717, 1.165) is 6.42 Å². The average Bonchev–Trinajstić information content (AvgIpc) is 2.34. The first-order chi connectivity index (χ1) is 4.74. The molecule has 3 nitrogen and oxygen atoms in total. The van der Waals surface area contributed by atoms with Crippen molar-refractivity contribution in [3.8, 4) is 0 Å². The van der Waals surface area contributed by atoms with E-state index in [0.29, 0.717) is 12.6 Å². The predicted molar refractivity (Wildman–Crippen MR) is 36.6 cm³/mol. The van der Waals surface area contributed by atoms with Crippen molar-refractivity contribution in [3.05, 3.63) is 0 Å². The molecule has 1 rings (SSSR count). The number of nitrogens with zero attached hydrogens (tertiary/aromatic N) is 1. The lowest BCUT2D eigenvalue weighted by atomic mass is 10.1. The minimum atomic E-state index is -0.117. The number of hydrogen-bond acceptors (Lipinski definition) is 2. The van der Waals surface area contributed by atoms with Crippen molar-refractivity contribution in [2.75, 3.05) is 13.7 Å². The zero-order valence-corrected chi connectivity index (χ0v) is 6.33. The first kappa shape index (κ1) is 7.54. The van der Waals surface area contributed by atoms with Gasteiger partial charge in [-0.1, -0.05) is 0 Å². The van der Waals surface area contributed by atoms with Crippen molar-refractivity contribution in [3.63, 3.8) is 0 Å². The molecule has 1 aliphatic heterocycles. The van der Waals surface area contributed by atoms with Gasteiger partial charge in [0, 0.05) is 12.6 Å². The van der Waals surface area contributed by atoms with Crippen LogP contribution in [-0.4, -0.2) is 25.7 Å². The zero-order chi connectivity index (χ0) is 7.56. The van der Waals surface area contributed by atoms with Gasteiger partial charge in [0.1, 0.15) is 0 Å². The first-order valence-corrected chi connectivity index (χ1v) is 3.48. The number of hydrogen-bond donors (Lipinski definition) is 0. The summed E-state index contributed by atoms with van der Waals surface area (Å²) in [6, 6.07) is 0.337. The van der Waals surface area contributed by atoms with Crippen LogP contribution in [0.15, 0.2) is 0 Å². The summed E-state index contributed by atoms with van der Waals surface area (Å²) in [4.78, 5) is 10.9. The van der Waals surface area contributed by atoms with E-state index in [2.05, 4.69) is 10.1 Å². The number of esters is 1. The van der Waals surface area contributed by atoms with Gasteiger partial charge in [0.05, 0.1) is 13.0 Å². The predicted octanol–water partition coefficient (Wildman–Crippen LogP) is 0.172. The normalized spacial score (nSPS) is 32.2. The molecular formula is C7H12NO2. The summed E-state index contributed by atoms with van der Waals surface area (Å²) in [6.45, 7) is 2.66. The number of ether oxygens (including phenoxy) is 1. The smallest absolute Gasteiger partial charge is 0.310 e. The van der Waals surface area contributed by atoms with Crippen molar-refractivity contribution in [1.82, 2.24) is 5.32 Å². The monoisotopic (exact) mass is 142 g/mol. The Bertz CT molecular complexity index is 136. The molecule has 3 heteroatoms. The minimum Gasteiger partial charge on any atom is -0.469 e. The highest BCUT2D eigenvalue weighted by Crippen LogP contribution is 2.15. The maximum Gasteiger partial charge on any atom is 0.310 e. The summed E-state index contributed by atoms with van der Waals surface area (Å²) in [5.74, 6) is -0.0897. The van der Waals surface area contributed by atoms with Crippen LogP contribution in [0.4, 0.5) is 0 Å². The summed E-state index contributed by atoms with van der Waals surface area (Å²) in [7, 11) is 1.42. The van der Waals surface area contributed by atoms with Gasteiger partial charge in [0.2, 0.25) is 0 Å². The van der Waals surface area contributed by atoms with E-state index in [-0.39, 0.29) is 11.9 Å². The maximum absolute atomic E-state index is 10.9. The molecule has 0 N–H and O–H groups in total. The van der Waals surface area contributed by atoms with E-state index < -0.39 is 0 Å². The summed E-state index contributed by atoms with van der Waals surface area (Å²) in [5.41, 5.74) is 0. The summed E-state index contributed by atoms with van der Waals surface area (Å²) in [6.07, 6.45) is 0.854. The molecule has 0 amide bonds. The molecule has 1 aliphatic rings. The Balaban J connectivity index is 2.37. The molecule has 0 spiro atoms. The summed E-state index contributed by atoms with van der Waals surface area (Å²) in [5, 5.41) is 4.19. The maximum atomic E-state index is 10.9. The lowest BCUT2D eigenvalue weighted by molar-refractivity contribution is -0.144. The fourth-order valence-electron chi connectivity index (χ4n) is 1.21. The Morgan fingerprint density at radius 3 is 2.80 bits per heavy atom. The second-order valence-electron chi connectivity index (χ2n) is 2.67. The van der Waals surface area contributed by atoms with E-state index in [1.165, 1.54) is 7.11 Å². The Labute approximate surface area is 60.7 Å². The molecule has 1 heterocycles. The van der Waals surface area contributed by atoms with Gasteiger partial charge in [-0.3, -0.25) is 4.79 Å². The van der Waals surface area contributed by atoms with Gasteiger partial charge < -0.3 is 4.74 Å². The van der Waals surface area contributed by atoms with Crippen molar-refractivity contribution < 1.29 is 9.53 Å².